The van der Waals surface area contributed by atoms with Crippen molar-refractivity contribution in [3.8, 4) is 5.88 Å². The summed E-state index contributed by atoms with van der Waals surface area (Å²) in [4.78, 5) is 17.9. The molecule has 104 valence electrons. The van der Waals surface area contributed by atoms with Crippen LogP contribution in [0.25, 0.3) is 0 Å². The molecule has 0 unspecified atom stereocenters. The van der Waals surface area contributed by atoms with E-state index in [1.54, 1.807) is 37.5 Å². The molecule has 0 aliphatic heterocycles. The normalized spacial score (nSPS) is 10.2. The number of hydrogen-bond donors (Lipinski definition) is 0. The van der Waals surface area contributed by atoms with Gasteiger partial charge in [0.25, 0.3) is 5.91 Å². The lowest BCUT2D eigenvalue weighted by Crippen LogP contribution is -2.26. The van der Waals surface area contributed by atoms with E-state index in [0.717, 1.165) is 5.56 Å². The molecule has 1 amide bonds. The van der Waals surface area contributed by atoms with Crippen LogP contribution in [-0.4, -0.2) is 29.9 Å². The van der Waals surface area contributed by atoms with Gasteiger partial charge < -0.3 is 9.64 Å². The van der Waals surface area contributed by atoms with E-state index in [-0.39, 0.29) is 11.7 Å². The van der Waals surface area contributed by atoms with Crippen molar-refractivity contribution in [1.29, 1.82) is 0 Å². The number of pyridine rings is 1. The smallest absolute Gasteiger partial charge is 0.259 e. The lowest BCUT2D eigenvalue weighted by Gasteiger charge is -2.18. The van der Waals surface area contributed by atoms with Crippen molar-refractivity contribution in [1.82, 2.24) is 9.88 Å². The van der Waals surface area contributed by atoms with Crippen LogP contribution in [0.1, 0.15) is 15.9 Å². The van der Waals surface area contributed by atoms with Crippen LogP contribution in [0.15, 0.2) is 42.6 Å². The Kier molecular flexibility index (Phi) is 4.30. The Labute approximate surface area is 116 Å². The van der Waals surface area contributed by atoms with Crippen LogP contribution in [0, 0.1) is 5.82 Å². The molecule has 5 heteroatoms. The highest BCUT2D eigenvalue weighted by molar-refractivity contribution is 5.96. The first-order valence-electron chi connectivity index (χ1n) is 6.10. The van der Waals surface area contributed by atoms with Crippen molar-refractivity contribution in [3.05, 3.63) is 59.5 Å². The third kappa shape index (κ3) is 3.12. The fourth-order valence-electron chi connectivity index (χ4n) is 1.86. The van der Waals surface area contributed by atoms with Crippen LogP contribution in [0.4, 0.5) is 4.39 Å². The highest BCUT2D eigenvalue weighted by Gasteiger charge is 2.17. The Bertz CT molecular complexity index is 599. The molecular formula is C15H15FN2O2. The van der Waals surface area contributed by atoms with E-state index >= 15 is 0 Å². The second-order valence-corrected chi connectivity index (χ2v) is 4.35. The standard InChI is InChI=1S/C15H15FN2O2/c1-18(10-11-5-7-12(16)8-6-11)15(19)13-4-3-9-17-14(13)20-2/h3-9H,10H2,1-2H3. The number of benzene rings is 1. The molecule has 0 aliphatic rings. The monoisotopic (exact) mass is 274 g/mol. The molecule has 0 fully saturated rings. The number of rotatable bonds is 4. The van der Waals surface area contributed by atoms with Crippen molar-refractivity contribution >= 4 is 5.91 Å². The molecule has 0 radical (unpaired) electrons. The van der Waals surface area contributed by atoms with Crippen LogP contribution in [0.3, 0.4) is 0 Å². The van der Waals surface area contributed by atoms with Crippen LogP contribution in [-0.2, 0) is 6.54 Å². The molecule has 0 spiro atoms. The summed E-state index contributed by atoms with van der Waals surface area (Å²) in [5.74, 6) is -0.195. The summed E-state index contributed by atoms with van der Waals surface area (Å²) in [7, 11) is 3.15. The van der Waals surface area contributed by atoms with E-state index in [0.29, 0.717) is 18.0 Å². The van der Waals surface area contributed by atoms with Crippen molar-refractivity contribution in [2.24, 2.45) is 0 Å². The lowest BCUT2D eigenvalue weighted by molar-refractivity contribution is 0.0781. The van der Waals surface area contributed by atoms with Gasteiger partial charge in [-0.05, 0) is 29.8 Å². The number of aromatic nitrogens is 1. The number of carbonyl (C=O) groups excluding carboxylic acids is 1. The number of amides is 1. The van der Waals surface area contributed by atoms with Gasteiger partial charge in [-0.3, -0.25) is 4.79 Å². The number of methoxy groups -OCH3 is 1. The number of hydrogen-bond acceptors (Lipinski definition) is 3. The first kappa shape index (κ1) is 14.0. The molecule has 1 heterocycles. The van der Waals surface area contributed by atoms with E-state index in [2.05, 4.69) is 4.98 Å². The van der Waals surface area contributed by atoms with Gasteiger partial charge in [-0.1, -0.05) is 12.1 Å². The molecule has 4 nitrogen and oxygen atoms in total. The fourth-order valence-corrected chi connectivity index (χ4v) is 1.86. The number of halogens is 1. The summed E-state index contributed by atoms with van der Waals surface area (Å²) in [6.45, 7) is 0.386. The van der Waals surface area contributed by atoms with Crippen molar-refractivity contribution in [2.45, 2.75) is 6.54 Å². The third-order valence-corrected chi connectivity index (χ3v) is 2.87. The first-order valence-corrected chi connectivity index (χ1v) is 6.10. The van der Waals surface area contributed by atoms with Gasteiger partial charge in [0.15, 0.2) is 0 Å². The lowest BCUT2D eigenvalue weighted by atomic mass is 10.2. The Balaban J connectivity index is 2.14. The predicted octanol–water partition coefficient (Wildman–Crippen LogP) is 2.50. The highest BCUT2D eigenvalue weighted by Crippen LogP contribution is 2.16. The number of nitrogens with zero attached hydrogens (tertiary/aromatic N) is 2. The summed E-state index contributed by atoms with van der Waals surface area (Å²) >= 11 is 0. The molecule has 0 saturated carbocycles. The molecule has 20 heavy (non-hydrogen) atoms. The van der Waals surface area contributed by atoms with Crippen LogP contribution in [0.5, 0.6) is 5.88 Å². The summed E-state index contributed by atoms with van der Waals surface area (Å²) in [6, 6.07) is 9.40. The van der Waals surface area contributed by atoms with Crippen LogP contribution >= 0.6 is 0 Å². The topological polar surface area (TPSA) is 42.4 Å². The summed E-state index contributed by atoms with van der Waals surface area (Å²) < 4.78 is 17.9. The van der Waals surface area contributed by atoms with Crippen molar-refractivity contribution in [3.63, 3.8) is 0 Å². The Morgan fingerprint density at radius 3 is 2.65 bits per heavy atom. The van der Waals surface area contributed by atoms with Gasteiger partial charge in [-0.15, -0.1) is 0 Å². The Morgan fingerprint density at radius 2 is 2.00 bits per heavy atom. The average molecular weight is 274 g/mol. The second kappa shape index (κ2) is 6.14. The number of carbonyl (C=O) groups is 1. The van der Waals surface area contributed by atoms with Crippen molar-refractivity contribution < 1.29 is 13.9 Å². The Hall–Kier alpha value is -2.43. The van der Waals surface area contributed by atoms with Gasteiger partial charge in [0, 0.05) is 19.8 Å². The zero-order valence-electron chi connectivity index (χ0n) is 11.3. The summed E-state index contributed by atoms with van der Waals surface area (Å²) in [5.41, 5.74) is 1.25. The summed E-state index contributed by atoms with van der Waals surface area (Å²) in [5, 5.41) is 0. The molecule has 0 saturated heterocycles. The van der Waals surface area contributed by atoms with E-state index in [1.165, 1.54) is 24.1 Å². The second-order valence-electron chi connectivity index (χ2n) is 4.35. The maximum atomic E-state index is 12.8. The fraction of sp³-hybridized carbons (Fsp3) is 0.200. The first-order chi connectivity index (χ1) is 9.61. The maximum absolute atomic E-state index is 12.8. The zero-order valence-corrected chi connectivity index (χ0v) is 11.3. The minimum absolute atomic E-state index is 0.195. The van der Waals surface area contributed by atoms with Gasteiger partial charge in [-0.25, -0.2) is 9.37 Å². The van der Waals surface area contributed by atoms with E-state index < -0.39 is 0 Å². The third-order valence-electron chi connectivity index (χ3n) is 2.87. The molecule has 0 bridgehead atoms. The van der Waals surface area contributed by atoms with E-state index in [4.69, 9.17) is 4.74 Å². The summed E-state index contributed by atoms with van der Waals surface area (Å²) in [6.07, 6.45) is 1.57. The van der Waals surface area contributed by atoms with Gasteiger partial charge in [-0.2, -0.15) is 0 Å². The quantitative estimate of drug-likeness (QED) is 0.860. The van der Waals surface area contributed by atoms with E-state index in [1.807, 2.05) is 0 Å². The van der Waals surface area contributed by atoms with Crippen LogP contribution < -0.4 is 4.74 Å². The molecular weight excluding hydrogens is 259 g/mol. The molecule has 2 aromatic rings. The van der Waals surface area contributed by atoms with Gasteiger partial charge in [0.2, 0.25) is 5.88 Å². The minimum Gasteiger partial charge on any atom is -0.480 e. The number of ether oxygens (including phenoxy) is 1. The molecule has 0 aliphatic carbocycles. The molecule has 0 N–H and O–H groups in total. The predicted molar refractivity (Wildman–Crippen MR) is 73.0 cm³/mol. The minimum atomic E-state index is -0.295. The van der Waals surface area contributed by atoms with Crippen molar-refractivity contribution in [2.75, 3.05) is 14.2 Å². The van der Waals surface area contributed by atoms with E-state index in [9.17, 15) is 9.18 Å². The zero-order chi connectivity index (χ0) is 14.5. The molecule has 1 aromatic heterocycles. The molecule has 1 aromatic carbocycles. The molecule has 0 atom stereocenters. The van der Waals surface area contributed by atoms with Crippen LogP contribution in [0.2, 0.25) is 0 Å². The van der Waals surface area contributed by atoms with Gasteiger partial charge in [0.1, 0.15) is 11.4 Å². The highest BCUT2D eigenvalue weighted by atomic mass is 19.1. The molecule has 2 rings (SSSR count). The average Bonchev–Trinajstić information content (AvgIpc) is 2.48. The largest absolute Gasteiger partial charge is 0.480 e. The van der Waals surface area contributed by atoms with Gasteiger partial charge >= 0.3 is 0 Å². The Morgan fingerprint density at radius 1 is 1.30 bits per heavy atom. The SMILES string of the molecule is COc1ncccc1C(=O)N(C)Cc1ccc(F)cc1. The maximum Gasteiger partial charge on any atom is 0.259 e. The van der Waals surface area contributed by atoms with Gasteiger partial charge in [0.05, 0.1) is 7.11 Å².